The van der Waals surface area contributed by atoms with E-state index in [0.717, 1.165) is 7.11 Å². The fraction of sp³-hybridized carbons (Fsp3) is 0.200. The normalized spacial score (nSPS) is 16.4. The molecule has 0 radical (unpaired) electrons. The first-order chi connectivity index (χ1) is 14.7. The topological polar surface area (TPSA) is 131 Å². The van der Waals surface area contributed by atoms with Crippen LogP contribution in [-0.2, 0) is 19.4 Å². The largest absolute Gasteiger partial charge is 0.508 e. The average molecular weight is 467 g/mol. The van der Waals surface area contributed by atoms with E-state index >= 15 is 0 Å². The second-order valence-corrected chi connectivity index (χ2v) is 8.96. The Morgan fingerprint density at radius 2 is 1.84 bits per heavy atom. The van der Waals surface area contributed by atoms with Crippen molar-refractivity contribution in [2.24, 2.45) is 0 Å². The predicted molar refractivity (Wildman–Crippen MR) is 112 cm³/mol. The van der Waals surface area contributed by atoms with E-state index in [1.807, 2.05) is 0 Å². The predicted octanol–water partition coefficient (Wildman–Crippen LogP) is 2.31. The quantitative estimate of drug-likeness (QED) is 0.556. The number of aromatic hydroxyl groups is 1. The molecule has 2 aromatic rings. The Labute approximate surface area is 183 Å². The van der Waals surface area contributed by atoms with Crippen LogP contribution in [0.1, 0.15) is 11.6 Å². The van der Waals surface area contributed by atoms with Crippen molar-refractivity contribution < 1.29 is 32.6 Å². The zero-order chi connectivity index (χ0) is 22.8. The van der Waals surface area contributed by atoms with Crippen LogP contribution in [0.15, 0.2) is 58.6 Å². The zero-order valence-corrected chi connectivity index (χ0v) is 18.1. The molecular formula is C20H19ClN2O7S. The smallest absolute Gasteiger partial charge is 0.338 e. The molecule has 0 spiro atoms. The molecule has 2 amide bonds. The van der Waals surface area contributed by atoms with E-state index in [2.05, 4.69) is 10.6 Å². The molecule has 0 saturated carbocycles. The first-order valence-electron chi connectivity index (χ1n) is 8.90. The number of urea groups is 1. The third-order valence-electron chi connectivity index (χ3n) is 4.60. The molecule has 31 heavy (non-hydrogen) atoms. The summed E-state index contributed by atoms with van der Waals surface area (Å²) in [5.74, 6) is -1.20. The van der Waals surface area contributed by atoms with E-state index in [1.165, 1.54) is 49.6 Å². The Bertz CT molecular complexity index is 1160. The fourth-order valence-electron chi connectivity index (χ4n) is 3.11. The average Bonchev–Trinajstić information content (AvgIpc) is 2.73. The maximum Gasteiger partial charge on any atom is 0.338 e. The van der Waals surface area contributed by atoms with Gasteiger partial charge in [0.05, 0.1) is 41.5 Å². The van der Waals surface area contributed by atoms with Crippen LogP contribution in [0.4, 0.5) is 4.79 Å². The monoisotopic (exact) mass is 466 g/mol. The number of amides is 2. The third-order valence-corrected chi connectivity index (χ3v) is 6.54. The highest BCUT2D eigenvalue weighted by molar-refractivity contribution is 7.91. The fourth-order valence-corrected chi connectivity index (χ4v) is 4.78. The molecule has 0 bridgehead atoms. The lowest BCUT2D eigenvalue weighted by Gasteiger charge is -2.29. The van der Waals surface area contributed by atoms with Crippen LogP contribution in [0.2, 0.25) is 5.02 Å². The Balaban J connectivity index is 2.08. The van der Waals surface area contributed by atoms with E-state index in [9.17, 15) is 23.1 Å². The number of methoxy groups -OCH3 is 2. The number of carbonyl (C=O) groups excluding carboxylic acids is 2. The molecule has 1 aliphatic heterocycles. The highest BCUT2D eigenvalue weighted by atomic mass is 35.5. The van der Waals surface area contributed by atoms with Gasteiger partial charge in [0.25, 0.3) is 0 Å². The van der Waals surface area contributed by atoms with E-state index in [0.29, 0.717) is 11.3 Å². The van der Waals surface area contributed by atoms with Crippen molar-refractivity contribution in [1.82, 2.24) is 10.6 Å². The summed E-state index contributed by atoms with van der Waals surface area (Å²) in [4.78, 5) is 24.7. The number of phenols is 1. The van der Waals surface area contributed by atoms with Gasteiger partial charge in [0, 0.05) is 5.70 Å². The lowest BCUT2D eigenvalue weighted by Crippen LogP contribution is -2.47. The Morgan fingerprint density at radius 1 is 1.16 bits per heavy atom. The summed E-state index contributed by atoms with van der Waals surface area (Å²) in [5, 5.41) is 14.6. The standard InChI is InChI=1S/C20H19ClN2O7S/c1-29-16-8-7-13(9-14(16)21)31(27,28)10-15-17(19(25)30-2)18(23-20(26)22-15)11-3-5-12(24)6-4-11/h3-9,18,24H,10H2,1-2H3,(H2,22,23,26). The number of esters is 1. The first-order valence-corrected chi connectivity index (χ1v) is 10.9. The molecule has 3 rings (SSSR count). The van der Waals surface area contributed by atoms with Gasteiger partial charge in [-0.05, 0) is 35.9 Å². The Morgan fingerprint density at radius 3 is 2.42 bits per heavy atom. The van der Waals surface area contributed by atoms with Gasteiger partial charge >= 0.3 is 12.0 Å². The molecule has 0 saturated heterocycles. The van der Waals surface area contributed by atoms with Gasteiger partial charge in [-0.15, -0.1) is 0 Å². The SMILES string of the molecule is COC(=O)C1=C(CS(=O)(=O)c2ccc(OC)c(Cl)c2)NC(=O)NC1c1ccc(O)cc1. The lowest BCUT2D eigenvalue weighted by molar-refractivity contribution is -0.136. The van der Waals surface area contributed by atoms with Gasteiger partial charge in [-0.25, -0.2) is 18.0 Å². The molecule has 1 atom stereocenters. The summed E-state index contributed by atoms with van der Waals surface area (Å²) in [7, 11) is -1.46. The van der Waals surface area contributed by atoms with Crippen LogP contribution in [0.5, 0.6) is 11.5 Å². The Kier molecular flexibility index (Phi) is 6.42. The van der Waals surface area contributed by atoms with Crippen molar-refractivity contribution in [3.8, 4) is 11.5 Å². The van der Waals surface area contributed by atoms with E-state index < -0.39 is 33.6 Å². The van der Waals surface area contributed by atoms with Crippen LogP contribution in [0.3, 0.4) is 0 Å². The number of carbonyl (C=O) groups is 2. The number of sulfone groups is 1. The van der Waals surface area contributed by atoms with Crippen LogP contribution >= 0.6 is 11.6 Å². The minimum atomic E-state index is -4.01. The van der Waals surface area contributed by atoms with Crippen LogP contribution in [-0.4, -0.2) is 45.5 Å². The molecule has 9 nitrogen and oxygen atoms in total. The molecule has 164 valence electrons. The number of benzene rings is 2. The van der Waals surface area contributed by atoms with Crippen molar-refractivity contribution in [1.29, 1.82) is 0 Å². The van der Waals surface area contributed by atoms with E-state index in [1.54, 1.807) is 0 Å². The second-order valence-electron chi connectivity index (χ2n) is 6.56. The molecule has 0 aromatic heterocycles. The molecule has 1 unspecified atom stereocenters. The van der Waals surface area contributed by atoms with Gasteiger partial charge < -0.3 is 25.2 Å². The molecular weight excluding hydrogens is 448 g/mol. The number of ether oxygens (including phenoxy) is 2. The maximum absolute atomic E-state index is 13.0. The molecule has 1 aliphatic rings. The molecule has 3 N–H and O–H groups in total. The van der Waals surface area contributed by atoms with Crippen molar-refractivity contribution in [3.05, 3.63) is 64.3 Å². The van der Waals surface area contributed by atoms with Crippen LogP contribution < -0.4 is 15.4 Å². The number of halogens is 1. The number of hydrogen-bond donors (Lipinski definition) is 3. The van der Waals surface area contributed by atoms with Crippen molar-refractivity contribution in [2.75, 3.05) is 20.0 Å². The van der Waals surface area contributed by atoms with Gasteiger partial charge in [0.1, 0.15) is 11.5 Å². The summed E-state index contributed by atoms with van der Waals surface area (Å²) in [5.41, 5.74) is 0.257. The first kappa shape index (κ1) is 22.4. The maximum atomic E-state index is 13.0. The number of phenolic OH excluding ortho intramolecular Hbond substituents is 1. The molecule has 0 aliphatic carbocycles. The molecule has 11 heteroatoms. The van der Waals surface area contributed by atoms with Gasteiger partial charge in [-0.3, -0.25) is 0 Å². The summed E-state index contributed by atoms with van der Waals surface area (Å²) < 4.78 is 35.9. The third kappa shape index (κ3) is 4.75. The highest BCUT2D eigenvalue weighted by Gasteiger charge is 2.35. The second kappa shape index (κ2) is 8.86. The number of rotatable bonds is 6. The van der Waals surface area contributed by atoms with Gasteiger partial charge in [-0.1, -0.05) is 23.7 Å². The number of hydrogen-bond acceptors (Lipinski definition) is 7. The van der Waals surface area contributed by atoms with E-state index in [4.69, 9.17) is 21.1 Å². The van der Waals surface area contributed by atoms with Crippen molar-refractivity contribution >= 4 is 33.4 Å². The zero-order valence-electron chi connectivity index (χ0n) is 16.5. The van der Waals surface area contributed by atoms with Gasteiger partial charge in [0.15, 0.2) is 9.84 Å². The van der Waals surface area contributed by atoms with Gasteiger partial charge in [0.2, 0.25) is 0 Å². The molecule has 1 heterocycles. The Hall–Kier alpha value is -3.24. The summed E-state index contributed by atoms with van der Waals surface area (Å²) in [6.45, 7) is 0. The lowest BCUT2D eigenvalue weighted by atomic mass is 9.95. The molecule has 0 fully saturated rings. The highest BCUT2D eigenvalue weighted by Crippen LogP contribution is 2.31. The number of nitrogens with one attached hydrogen (secondary N) is 2. The minimum Gasteiger partial charge on any atom is -0.508 e. The minimum absolute atomic E-state index is 0.00760. The van der Waals surface area contributed by atoms with Crippen molar-refractivity contribution in [3.63, 3.8) is 0 Å². The van der Waals surface area contributed by atoms with Crippen LogP contribution in [0.25, 0.3) is 0 Å². The summed E-state index contributed by atoms with van der Waals surface area (Å²) >= 11 is 6.04. The summed E-state index contributed by atoms with van der Waals surface area (Å²) in [6, 6.07) is 8.06. The summed E-state index contributed by atoms with van der Waals surface area (Å²) in [6.07, 6.45) is 0. The van der Waals surface area contributed by atoms with Crippen LogP contribution in [0, 0.1) is 0 Å². The van der Waals surface area contributed by atoms with Gasteiger partial charge in [-0.2, -0.15) is 0 Å². The molecule has 2 aromatic carbocycles. The van der Waals surface area contributed by atoms with Crippen molar-refractivity contribution in [2.45, 2.75) is 10.9 Å². The van der Waals surface area contributed by atoms with E-state index in [-0.39, 0.29) is 26.9 Å².